The first-order valence-corrected chi connectivity index (χ1v) is 6.21. The molecule has 18 heavy (non-hydrogen) atoms. The quantitative estimate of drug-likeness (QED) is 0.895. The van der Waals surface area contributed by atoms with E-state index in [1.54, 1.807) is 6.26 Å². The molecule has 1 saturated heterocycles. The van der Waals surface area contributed by atoms with Gasteiger partial charge in [-0.05, 0) is 31.5 Å². The van der Waals surface area contributed by atoms with Crippen molar-refractivity contribution in [3.8, 4) is 11.5 Å². The van der Waals surface area contributed by atoms with E-state index >= 15 is 0 Å². The molecule has 5 heteroatoms. The minimum atomic E-state index is 0.211. The van der Waals surface area contributed by atoms with Crippen LogP contribution in [0.5, 0.6) is 0 Å². The van der Waals surface area contributed by atoms with Gasteiger partial charge >= 0.3 is 0 Å². The predicted octanol–water partition coefficient (Wildman–Crippen LogP) is 1.89. The molecule has 1 aliphatic heterocycles. The van der Waals surface area contributed by atoms with Crippen LogP contribution in [-0.2, 0) is 6.54 Å². The SMILES string of the molecule is OC[C@@H]1CCCN1Cc1cc(-c2ccco2)on1. The molecule has 5 nitrogen and oxygen atoms in total. The van der Waals surface area contributed by atoms with Crippen molar-refractivity contribution < 1.29 is 14.0 Å². The second-order valence-electron chi connectivity index (χ2n) is 4.61. The van der Waals surface area contributed by atoms with Crippen LogP contribution in [-0.4, -0.2) is 34.4 Å². The van der Waals surface area contributed by atoms with Gasteiger partial charge < -0.3 is 14.0 Å². The molecule has 1 atom stereocenters. The molecule has 2 aromatic heterocycles. The summed E-state index contributed by atoms with van der Waals surface area (Å²) in [6, 6.07) is 5.82. The van der Waals surface area contributed by atoms with Gasteiger partial charge in [-0.1, -0.05) is 5.16 Å². The summed E-state index contributed by atoms with van der Waals surface area (Å²) in [6.07, 6.45) is 3.80. The smallest absolute Gasteiger partial charge is 0.202 e. The van der Waals surface area contributed by atoms with E-state index in [4.69, 9.17) is 8.94 Å². The Kier molecular flexibility index (Phi) is 3.17. The van der Waals surface area contributed by atoms with E-state index in [1.165, 1.54) is 0 Å². The summed E-state index contributed by atoms with van der Waals surface area (Å²) in [5.41, 5.74) is 0.877. The average molecular weight is 248 g/mol. The lowest BCUT2D eigenvalue weighted by atomic mass is 10.2. The fourth-order valence-corrected chi connectivity index (χ4v) is 2.44. The molecule has 2 aromatic rings. The van der Waals surface area contributed by atoms with Crippen LogP contribution < -0.4 is 0 Å². The van der Waals surface area contributed by atoms with Gasteiger partial charge in [0.05, 0.1) is 18.6 Å². The standard InChI is InChI=1S/C13H16N2O3/c16-9-11-3-1-5-15(11)8-10-7-13(18-14-10)12-4-2-6-17-12/h2,4,6-7,11,16H,1,3,5,8-9H2/t11-/m0/s1. The fraction of sp³-hybridized carbons (Fsp3) is 0.462. The molecule has 1 fully saturated rings. The summed E-state index contributed by atoms with van der Waals surface area (Å²) in [6.45, 7) is 1.94. The Labute approximate surface area is 105 Å². The zero-order chi connectivity index (χ0) is 12.4. The van der Waals surface area contributed by atoms with Crippen molar-refractivity contribution >= 4 is 0 Å². The van der Waals surface area contributed by atoms with Crippen LogP contribution in [0, 0.1) is 0 Å². The van der Waals surface area contributed by atoms with Crippen molar-refractivity contribution in [2.45, 2.75) is 25.4 Å². The Morgan fingerprint density at radius 2 is 2.39 bits per heavy atom. The minimum absolute atomic E-state index is 0.211. The van der Waals surface area contributed by atoms with E-state index in [9.17, 15) is 5.11 Å². The van der Waals surface area contributed by atoms with Crippen molar-refractivity contribution in [2.24, 2.45) is 0 Å². The molecule has 96 valence electrons. The van der Waals surface area contributed by atoms with E-state index < -0.39 is 0 Å². The van der Waals surface area contributed by atoms with Gasteiger partial charge in [0.25, 0.3) is 0 Å². The summed E-state index contributed by atoms with van der Waals surface area (Å²) in [7, 11) is 0. The third kappa shape index (κ3) is 2.19. The first-order valence-electron chi connectivity index (χ1n) is 6.21. The fourth-order valence-electron chi connectivity index (χ4n) is 2.44. The summed E-state index contributed by atoms with van der Waals surface area (Å²) < 4.78 is 10.5. The lowest BCUT2D eigenvalue weighted by Gasteiger charge is -2.20. The first-order chi connectivity index (χ1) is 8.86. The number of aliphatic hydroxyl groups excluding tert-OH is 1. The number of rotatable bonds is 4. The molecule has 1 aliphatic rings. The zero-order valence-electron chi connectivity index (χ0n) is 10.1. The monoisotopic (exact) mass is 248 g/mol. The molecule has 0 radical (unpaired) electrons. The van der Waals surface area contributed by atoms with E-state index in [1.807, 2.05) is 18.2 Å². The summed E-state index contributed by atoms with van der Waals surface area (Å²) in [5.74, 6) is 1.34. The number of furan rings is 1. The van der Waals surface area contributed by atoms with E-state index in [-0.39, 0.29) is 12.6 Å². The molecule has 0 aliphatic carbocycles. The molecule has 0 spiro atoms. The van der Waals surface area contributed by atoms with Gasteiger partial charge in [0.15, 0.2) is 5.76 Å². The van der Waals surface area contributed by atoms with Gasteiger partial charge in [0.2, 0.25) is 5.76 Å². The Hall–Kier alpha value is -1.59. The van der Waals surface area contributed by atoms with Crippen molar-refractivity contribution in [2.75, 3.05) is 13.2 Å². The summed E-state index contributed by atoms with van der Waals surface area (Å²) in [5, 5.41) is 13.3. The van der Waals surface area contributed by atoms with Crippen LogP contribution in [0.3, 0.4) is 0 Å². The third-order valence-corrected chi connectivity index (χ3v) is 3.40. The highest BCUT2D eigenvalue weighted by Gasteiger charge is 2.24. The number of aliphatic hydroxyl groups is 1. The van der Waals surface area contributed by atoms with Gasteiger partial charge in [-0.15, -0.1) is 0 Å². The normalized spacial score (nSPS) is 20.6. The third-order valence-electron chi connectivity index (χ3n) is 3.40. The van der Waals surface area contributed by atoms with E-state index in [2.05, 4.69) is 10.1 Å². The number of nitrogens with zero attached hydrogens (tertiary/aromatic N) is 2. The van der Waals surface area contributed by atoms with Crippen molar-refractivity contribution in [3.05, 3.63) is 30.2 Å². The molecule has 0 amide bonds. The predicted molar refractivity (Wildman–Crippen MR) is 64.7 cm³/mol. The second-order valence-corrected chi connectivity index (χ2v) is 4.61. The number of hydrogen-bond acceptors (Lipinski definition) is 5. The zero-order valence-corrected chi connectivity index (χ0v) is 10.1. The van der Waals surface area contributed by atoms with Crippen LogP contribution in [0.25, 0.3) is 11.5 Å². The number of aromatic nitrogens is 1. The number of hydrogen-bond donors (Lipinski definition) is 1. The Morgan fingerprint density at radius 3 is 3.17 bits per heavy atom. The molecule has 1 N–H and O–H groups in total. The highest BCUT2D eigenvalue weighted by molar-refractivity contribution is 5.49. The largest absolute Gasteiger partial charge is 0.461 e. The van der Waals surface area contributed by atoms with Crippen molar-refractivity contribution in [1.82, 2.24) is 10.1 Å². The molecular formula is C13H16N2O3. The number of likely N-dealkylation sites (tertiary alicyclic amines) is 1. The van der Waals surface area contributed by atoms with Gasteiger partial charge in [0, 0.05) is 18.7 Å². The van der Waals surface area contributed by atoms with E-state index in [0.29, 0.717) is 11.5 Å². The maximum absolute atomic E-state index is 9.27. The van der Waals surface area contributed by atoms with Crippen LogP contribution in [0.15, 0.2) is 33.4 Å². The van der Waals surface area contributed by atoms with Gasteiger partial charge in [-0.3, -0.25) is 4.90 Å². The molecule has 0 saturated carbocycles. The topological polar surface area (TPSA) is 62.6 Å². The first kappa shape index (κ1) is 11.5. The van der Waals surface area contributed by atoms with E-state index in [0.717, 1.165) is 31.6 Å². The van der Waals surface area contributed by atoms with Gasteiger partial charge in [0.1, 0.15) is 0 Å². The Bertz CT molecular complexity index is 492. The molecule has 0 unspecified atom stereocenters. The van der Waals surface area contributed by atoms with Crippen LogP contribution in [0.1, 0.15) is 18.5 Å². The molecule has 3 heterocycles. The summed E-state index contributed by atoms with van der Waals surface area (Å²) in [4.78, 5) is 2.24. The summed E-state index contributed by atoms with van der Waals surface area (Å²) >= 11 is 0. The van der Waals surface area contributed by atoms with Gasteiger partial charge in [-0.2, -0.15) is 0 Å². The highest BCUT2D eigenvalue weighted by atomic mass is 16.5. The molecule has 0 bridgehead atoms. The van der Waals surface area contributed by atoms with Gasteiger partial charge in [-0.25, -0.2) is 0 Å². The molecule has 0 aromatic carbocycles. The minimum Gasteiger partial charge on any atom is -0.461 e. The maximum atomic E-state index is 9.27. The lowest BCUT2D eigenvalue weighted by molar-refractivity contribution is 0.151. The Balaban J connectivity index is 1.70. The van der Waals surface area contributed by atoms with Crippen molar-refractivity contribution in [1.29, 1.82) is 0 Å². The lowest BCUT2D eigenvalue weighted by Crippen LogP contribution is -2.31. The second kappa shape index (κ2) is 4.96. The Morgan fingerprint density at radius 1 is 1.44 bits per heavy atom. The highest BCUT2D eigenvalue weighted by Crippen LogP contribution is 2.23. The molecule has 3 rings (SSSR count). The molecular weight excluding hydrogens is 232 g/mol. The van der Waals surface area contributed by atoms with Crippen LogP contribution in [0.4, 0.5) is 0 Å². The average Bonchev–Trinajstić information content (AvgIpc) is 3.10. The van der Waals surface area contributed by atoms with Crippen LogP contribution >= 0.6 is 0 Å². The van der Waals surface area contributed by atoms with Crippen molar-refractivity contribution in [3.63, 3.8) is 0 Å². The van der Waals surface area contributed by atoms with Crippen LogP contribution in [0.2, 0.25) is 0 Å². The maximum Gasteiger partial charge on any atom is 0.202 e.